The zero-order valence-electron chi connectivity index (χ0n) is 20.1. The van der Waals surface area contributed by atoms with Gasteiger partial charge >= 0.3 is 18.5 Å². The van der Waals surface area contributed by atoms with Crippen LogP contribution in [0.1, 0.15) is 59.2 Å². The van der Waals surface area contributed by atoms with Gasteiger partial charge in [0.15, 0.2) is 0 Å². The van der Waals surface area contributed by atoms with Crippen LogP contribution >= 0.6 is 15.9 Å². The molecule has 13 heteroatoms. The quantitative estimate of drug-likeness (QED) is 0.278. The van der Waals surface area contributed by atoms with Crippen LogP contribution in [0.3, 0.4) is 0 Å². The first-order valence-electron chi connectivity index (χ1n) is 11.7. The van der Waals surface area contributed by atoms with Crippen LogP contribution < -0.4 is 10.6 Å². The molecule has 2 aromatic carbocycles. The molecule has 1 aromatic heterocycles. The number of rotatable bonds is 5. The molecule has 0 saturated carbocycles. The van der Waals surface area contributed by atoms with E-state index in [1.165, 1.54) is 18.3 Å². The zero-order valence-corrected chi connectivity index (χ0v) is 21.7. The highest BCUT2D eigenvalue weighted by molar-refractivity contribution is 9.10. The maximum Gasteiger partial charge on any atom is 0.416 e. The lowest BCUT2D eigenvalue weighted by molar-refractivity contribution is -0.143. The van der Waals surface area contributed by atoms with Gasteiger partial charge in [0, 0.05) is 28.8 Å². The minimum atomic E-state index is -5.00. The molecule has 0 fully saturated rings. The second kappa shape index (κ2) is 10.5. The Kier molecular flexibility index (Phi) is 7.85. The van der Waals surface area contributed by atoms with Crippen LogP contribution in [-0.2, 0) is 24.9 Å². The Bertz CT molecular complexity index is 1320. The van der Waals surface area contributed by atoms with Crippen molar-refractivity contribution in [3.63, 3.8) is 0 Å². The van der Waals surface area contributed by atoms with E-state index in [1.54, 1.807) is 0 Å². The van der Waals surface area contributed by atoms with Crippen LogP contribution in [0.2, 0.25) is 0 Å². The van der Waals surface area contributed by atoms with Gasteiger partial charge in [-0.15, -0.1) is 0 Å². The van der Waals surface area contributed by atoms with Crippen molar-refractivity contribution in [2.45, 2.75) is 56.8 Å². The van der Waals surface area contributed by atoms with Crippen LogP contribution in [-0.4, -0.2) is 11.0 Å². The third kappa shape index (κ3) is 6.79. The first-order chi connectivity index (χ1) is 18.0. The lowest BCUT2D eigenvalue weighted by Gasteiger charge is -2.34. The number of halogens is 10. The number of pyridine rings is 1. The summed E-state index contributed by atoms with van der Waals surface area (Å²) in [6.45, 7) is 1.90. The largest absolute Gasteiger partial charge is 0.416 e. The SMILES string of the molecule is CC[C@@H]1C[C@H](Nc2ncc(Br)cc2Cc2cc(C(F)(F)F)cc(C(F)(F)F)c2)c2cc(C(F)(F)F)ccc2N1. The van der Waals surface area contributed by atoms with E-state index in [0.29, 0.717) is 40.7 Å². The maximum absolute atomic E-state index is 13.4. The molecule has 2 N–H and O–H groups in total. The van der Waals surface area contributed by atoms with Gasteiger partial charge in [-0.3, -0.25) is 0 Å². The Morgan fingerprint density at radius 1 is 0.872 bits per heavy atom. The van der Waals surface area contributed by atoms with Gasteiger partial charge in [-0.1, -0.05) is 6.92 Å². The number of aromatic nitrogens is 1. The van der Waals surface area contributed by atoms with E-state index in [4.69, 9.17) is 0 Å². The van der Waals surface area contributed by atoms with Crippen LogP contribution in [0.4, 0.5) is 51.0 Å². The highest BCUT2D eigenvalue weighted by Gasteiger charge is 2.37. The predicted octanol–water partition coefficient (Wildman–Crippen LogP) is 9.24. The second-order valence-corrected chi connectivity index (χ2v) is 10.1. The molecule has 4 rings (SSSR count). The fourth-order valence-electron chi connectivity index (χ4n) is 4.51. The Balaban J connectivity index is 1.74. The number of nitrogens with zero attached hydrogens (tertiary/aromatic N) is 1. The second-order valence-electron chi connectivity index (χ2n) is 9.23. The Labute approximate surface area is 226 Å². The van der Waals surface area contributed by atoms with Crippen molar-refractivity contribution >= 4 is 27.4 Å². The lowest BCUT2D eigenvalue weighted by atomic mass is 9.90. The molecule has 2 atom stereocenters. The summed E-state index contributed by atoms with van der Waals surface area (Å²) in [6.07, 6.45) is -12.5. The molecule has 210 valence electrons. The summed E-state index contributed by atoms with van der Waals surface area (Å²) in [5.41, 5.74) is -2.91. The van der Waals surface area contributed by atoms with Gasteiger partial charge in [0.1, 0.15) is 5.82 Å². The van der Waals surface area contributed by atoms with Gasteiger partial charge in [0.2, 0.25) is 0 Å². The van der Waals surface area contributed by atoms with Gasteiger partial charge in [0.05, 0.1) is 22.7 Å². The highest BCUT2D eigenvalue weighted by atomic mass is 79.9. The molecule has 3 nitrogen and oxygen atoms in total. The first kappa shape index (κ1) is 29.0. The van der Waals surface area contributed by atoms with Gasteiger partial charge < -0.3 is 10.6 Å². The van der Waals surface area contributed by atoms with Gasteiger partial charge in [0.25, 0.3) is 0 Å². The van der Waals surface area contributed by atoms with Crippen molar-refractivity contribution in [3.8, 4) is 0 Å². The number of nitrogens with one attached hydrogen (secondary N) is 2. The Hall–Kier alpha value is -2.96. The molecule has 0 aliphatic carbocycles. The van der Waals surface area contributed by atoms with Crippen molar-refractivity contribution in [3.05, 3.63) is 86.5 Å². The summed E-state index contributed by atoms with van der Waals surface area (Å²) in [5, 5.41) is 6.30. The van der Waals surface area contributed by atoms with Crippen LogP contribution in [0.15, 0.2) is 53.1 Å². The van der Waals surface area contributed by atoms with Crippen molar-refractivity contribution in [1.82, 2.24) is 4.98 Å². The third-order valence-electron chi connectivity index (χ3n) is 6.41. The van der Waals surface area contributed by atoms with Crippen LogP contribution in [0, 0.1) is 0 Å². The molecule has 0 bridgehead atoms. The average molecular weight is 626 g/mol. The molecule has 3 aromatic rings. The lowest BCUT2D eigenvalue weighted by Crippen LogP contribution is -2.31. The summed E-state index contributed by atoms with van der Waals surface area (Å²) < 4.78 is 121. The summed E-state index contributed by atoms with van der Waals surface area (Å²) in [7, 11) is 0. The molecule has 1 aliphatic rings. The molecule has 0 spiro atoms. The molecular formula is C26H21BrF9N3. The van der Waals surface area contributed by atoms with E-state index in [0.717, 1.165) is 12.1 Å². The smallest absolute Gasteiger partial charge is 0.382 e. The van der Waals surface area contributed by atoms with Crippen LogP contribution in [0.5, 0.6) is 0 Å². The van der Waals surface area contributed by atoms with E-state index < -0.39 is 41.3 Å². The van der Waals surface area contributed by atoms with E-state index >= 15 is 0 Å². The minimum Gasteiger partial charge on any atom is -0.382 e. The molecule has 39 heavy (non-hydrogen) atoms. The molecule has 0 unspecified atom stereocenters. The minimum absolute atomic E-state index is 0.0525. The fraction of sp³-hybridized carbons (Fsp3) is 0.346. The summed E-state index contributed by atoms with van der Waals surface area (Å²) in [6, 6.07) is 5.40. The normalized spacial score (nSPS) is 17.9. The topological polar surface area (TPSA) is 37.0 Å². The number of anilines is 2. The van der Waals surface area contributed by atoms with E-state index in [-0.39, 0.29) is 35.5 Å². The summed E-state index contributed by atoms with van der Waals surface area (Å²) in [4.78, 5) is 4.26. The Morgan fingerprint density at radius 2 is 1.49 bits per heavy atom. The number of benzene rings is 2. The maximum atomic E-state index is 13.4. The van der Waals surface area contributed by atoms with Gasteiger partial charge in [-0.05, 0) is 87.9 Å². The molecule has 1 aliphatic heterocycles. The third-order valence-corrected chi connectivity index (χ3v) is 6.85. The first-order valence-corrected chi connectivity index (χ1v) is 12.5. The zero-order chi connectivity index (χ0) is 28.8. The summed E-state index contributed by atoms with van der Waals surface area (Å²) in [5.74, 6) is 0.134. The number of fused-ring (bicyclic) bond motifs is 1. The van der Waals surface area contributed by atoms with Crippen molar-refractivity contribution in [1.29, 1.82) is 0 Å². The average Bonchev–Trinajstić information content (AvgIpc) is 2.83. The molecular weight excluding hydrogens is 605 g/mol. The van der Waals surface area contributed by atoms with E-state index in [1.807, 2.05) is 6.92 Å². The van der Waals surface area contributed by atoms with Gasteiger partial charge in [-0.25, -0.2) is 4.98 Å². The van der Waals surface area contributed by atoms with E-state index in [2.05, 4.69) is 31.5 Å². The van der Waals surface area contributed by atoms with Crippen molar-refractivity contribution < 1.29 is 39.5 Å². The standard InChI is InChI=1S/C26H21BrF9N3/c1-2-19-11-22(20-10-15(24(28,29)30)3-4-21(20)38-19)39-23-14(8-18(27)12-37-23)5-13-6-16(25(31,32)33)9-17(7-13)26(34,35)36/h3-4,6-10,12,19,22,38H,2,5,11H2,1H3,(H,37,39)/t19-,22+/m1/s1. The fourth-order valence-corrected chi connectivity index (χ4v) is 4.89. The van der Waals surface area contributed by atoms with Crippen LogP contribution in [0.25, 0.3) is 0 Å². The summed E-state index contributed by atoms with van der Waals surface area (Å²) >= 11 is 3.22. The van der Waals surface area contributed by atoms with E-state index in [9.17, 15) is 39.5 Å². The van der Waals surface area contributed by atoms with Crippen molar-refractivity contribution in [2.24, 2.45) is 0 Å². The number of alkyl halides is 9. The predicted molar refractivity (Wildman–Crippen MR) is 131 cm³/mol. The Morgan fingerprint density at radius 3 is 2.05 bits per heavy atom. The molecule has 0 saturated heterocycles. The number of hydrogen-bond donors (Lipinski definition) is 2. The monoisotopic (exact) mass is 625 g/mol. The number of hydrogen-bond acceptors (Lipinski definition) is 3. The van der Waals surface area contributed by atoms with Gasteiger partial charge in [-0.2, -0.15) is 39.5 Å². The molecule has 0 amide bonds. The van der Waals surface area contributed by atoms with Crippen molar-refractivity contribution in [2.75, 3.05) is 10.6 Å². The molecule has 0 radical (unpaired) electrons. The molecule has 2 heterocycles. The highest BCUT2D eigenvalue weighted by Crippen LogP contribution is 2.41.